The third kappa shape index (κ3) is 3.80. The van der Waals surface area contributed by atoms with Crippen molar-refractivity contribution in [3.8, 4) is 0 Å². The second-order valence-electron chi connectivity index (χ2n) is 5.78. The van der Waals surface area contributed by atoms with Crippen molar-refractivity contribution in [2.24, 2.45) is 0 Å². The maximum Gasteiger partial charge on any atom is 0.111 e. The SMILES string of the molecule is CCCN1CCC(O)(Cc2nccn2CCC)CC1. The fourth-order valence-corrected chi connectivity index (χ4v) is 2.93. The van der Waals surface area contributed by atoms with Gasteiger partial charge in [-0.15, -0.1) is 0 Å². The Balaban J connectivity index is 1.93. The fraction of sp³-hybridized carbons (Fsp3) is 0.800. The first-order chi connectivity index (χ1) is 9.17. The van der Waals surface area contributed by atoms with Gasteiger partial charge >= 0.3 is 0 Å². The molecule has 1 N–H and O–H groups in total. The molecule has 4 nitrogen and oxygen atoms in total. The van der Waals surface area contributed by atoms with Crippen molar-refractivity contribution in [2.45, 2.75) is 58.1 Å². The number of piperidine rings is 1. The molecule has 0 amide bonds. The molecule has 0 aromatic carbocycles. The van der Waals surface area contributed by atoms with Crippen LogP contribution < -0.4 is 0 Å². The molecule has 0 saturated carbocycles. The summed E-state index contributed by atoms with van der Waals surface area (Å²) in [7, 11) is 0. The Morgan fingerprint density at radius 2 is 1.89 bits per heavy atom. The molecule has 1 fully saturated rings. The van der Waals surface area contributed by atoms with Crippen LogP contribution in [0.1, 0.15) is 45.4 Å². The van der Waals surface area contributed by atoms with E-state index in [0.717, 1.165) is 51.3 Å². The molecule has 0 atom stereocenters. The van der Waals surface area contributed by atoms with Crippen LogP contribution >= 0.6 is 0 Å². The van der Waals surface area contributed by atoms with Crippen LogP contribution in [0.2, 0.25) is 0 Å². The molecule has 1 aromatic heterocycles. The lowest BCUT2D eigenvalue weighted by Gasteiger charge is -2.38. The Bertz CT molecular complexity index is 380. The van der Waals surface area contributed by atoms with Gasteiger partial charge < -0.3 is 14.6 Å². The molecule has 0 bridgehead atoms. The number of aromatic nitrogens is 2. The normalized spacial score (nSPS) is 19.7. The highest BCUT2D eigenvalue weighted by Crippen LogP contribution is 2.26. The summed E-state index contributed by atoms with van der Waals surface area (Å²) in [5.74, 6) is 1.04. The largest absolute Gasteiger partial charge is 0.389 e. The Morgan fingerprint density at radius 3 is 2.53 bits per heavy atom. The molecule has 0 radical (unpaired) electrons. The molecule has 1 aromatic rings. The summed E-state index contributed by atoms with van der Waals surface area (Å²) >= 11 is 0. The number of nitrogens with zero attached hydrogens (tertiary/aromatic N) is 3. The standard InChI is InChI=1S/C15H27N3O/c1-3-8-17-10-5-15(19,6-11-17)13-14-16-7-12-18(14)9-4-2/h7,12,19H,3-6,8-11,13H2,1-2H3. The Labute approximate surface area is 116 Å². The Morgan fingerprint density at radius 1 is 1.21 bits per heavy atom. The lowest BCUT2D eigenvalue weighted by Crippen LogP contribution is -2.46. The van der Waals surface area contributed by atoms with E-state index >= 15 is 0 Å². The second kappa shape index (κ2) is 6.53. The predicted octanol–water partition coefficient (Wildman–Crippen LogP) is 2.07. The van der Waals surface area contributed by atoms with Crippen LogP contribution in [-0.4, -0.2) is 44.8 Å². The lowest BCUT2D eigenvalue weighted by molar-refractivity contribution is -0.0224. The monoisotopic (exact) mass is 265 g/mol. The molecule has 19 heavy (non-hydrogen) atoms. The molecule has 2 heterocycles. The molecule has 2 rings (SSSR count). The van der Waals surface area contributed by atoms with Crippen molar-refractivity contribution >= 4 is 0 Å². The number of aryl methyl sites for hydroxylation is 1. The van der Waals surface area contributed by atoms with Gasteiger partial charge in [0.1, 0.15) is 5.82 Å². The van der Waals surface area contributed by atoms with Crippen LogP contribution in [-0.2, 0) is 13.0 Å². The Hall–Kier alpha value is -0.870. The van der Waals surface area contributed by atoms with Gasteiger partial charge in [-0.3, -0.25) is 0 Å². The van der Waals surface area contributed by atoms with Crippen LogP contribution in [0.4, 0.5) is 0 Å². The molecule has 0 unspecified atom stereocenters. The third-order valence-corrected chi connectivity index (χ3v) is 4.08. The summed E-state index contributed by atoms with van der Waals surface area (Å²) < 4.78 is 2.18. The highest BCUT2D eigenvalue weighted by atomic mass is 16.3. The highest BCUT2D eigenvalue weighted by molar-refractivity contribution is 5.00. The van der Waals surface area contributed by atoms with Crippen LogP contribution in [0, 0.1) is 0 Å². The van der Waals surface area contributed by atoms with Gasteiger partial charge in [0, 0.05) is 38.4 Å². The minimum absolute atomic E-state index is 0.554. The maximum absolute atomic E-state index is 10.7. The summed E-state index contributed by atoms with van der Waals surface area (Å²) in [5.41, 5.74) is -0.554. The smallest absolute Gasteiger partial charge is 0.111 e. The molecule has 1 aliphatic rings. The van der Waals surface area contributed by atoms with Gasteiger partial charge in [0.25, 0.3) is 0 Å². The van der Waals surface area contributed by atoms with Crippen molar-refractivity contribution in [2.75, 3.05) is 19.6 Å². The van der Waals surface area contributed by atoms with Crippen molar-refractivity contribution in [1.29, 1.82) is 0 Å². The maximum atomic E-state index is 10.7. The van der Waals surface area contributed by atoms with E-state index in [-0.39, 0.29) is 0 Å². The number of hydrogen-bond acceptors (Lipinski definition) is 3. The number of imidazole rings is 1. The van der Waals surface area contributed by atoms with Crippen LogP contribution in [0.5, 0.6) is 0 Å². The van der Waals surface area contributed by atoms with Gasteiger partial charge in [-0.1, -0.05) is 13.8 Å². The molecule has 1 saturated heterocycles. The molecule has 4 heteroatoms. The number of hydrogen-bond donors (Lipinski definition) is 1. The summed E-state index contributed by atoms with van der Waals surface area (Å²) in [6.45, 7) is 8.55. The summed E-state index contributed by atoms with van der Waals surface area (Å²) in [5, 5.41) is 10.7. The van der Waals surface area contributed by atoms with E-state index in [9.17, 15) is 5.11 Å². The van der Waals surface area contributed by atoms with Gasteiger partial charge in [-0.05, 0) is 32.2 Å². The lowest BCUT2D eigenvalue weighted by atomic mass is 9.88. The summed E-state index contributed by atoms with van der Waals surface area (Å²) in [4.78, 5) is 6.87. The zero-order valence-corrected chi connectivity index (χ0v) is 12.3. The quantitative estimate of drug-likeness (QED) is 0.856. The van der Waals surface area contributed by atoms with Crippen LogP contribution in [0.25, 0.3) is 0 Å². The first kappa shape index (κ1) is 14.5. The first-order valence-electron chi connectivity index (χ1n) is 7.61. The van der Waals surface area contributed by atoms with Gasteiger partial charge in [-0.25, -0.2) is 4.98 Å². The van der Waals surface area contributed by atoms with Gasteiger partial charge in [0.2, 0.25) is 0 Å². The molecular formula is C15H27N3O. The average molecular weight is 265 g/mol. The molecule has 108 valence electrons. The highest BCUT2D eigenvalue weighted by Gasteiger charge is 2.33. The Kier molecular flexibility index (Phi) is 4.99. The average Bonchev–Trinajstić information content (AvgIpc) is 2.80. The van der Waals surface area contributed by atoms with Crippen LogP contribution in [0.3, 0.4) is 0 Å². The predicted molar refractivity (Wildman–Crippen MR) is 77.1 cm³/mol. The van der Waals surface area contributed by atoms with Crippen LogP contribution in [0.15, 0.2) is 12.4 Å². The molecule has 0 spiro atoms. The third-order valence-electron chi connectivity index (χ3n) is 4.08. The zero-order chi connectivity index (χ0) is 13.7. The molecule has 0 aliphatic carbocycles. The zero-order valence-electron chi connectivity index (χ0n) is 12.3. The minimum Gasteiger partial charge on any atom is -0.389 e. The van der Waals surface area contributed by atoms with Gasteiger partial charge in [0.05, 0.1) is 5.60 Å². The van der Waals surface area contributed by atoms with Gasteiger partial charge in [-0.2, -0.15) is 0 Å². The second-order valence-corrected chi connectivity index (χ2v) is 5.78. The van der Waals surface area contributed by atoms with E-state index in [1.807, 2.05) is 12.4 Å². The molecule has 1 aliphatic heterocycles. The van der Waals surface area contributed by atoms with Gasteiger partial charge in [0.15, 0.2) is 0 Å². The van der Waals surface area contributed by atoms with E-state index in [1.54, 1.807) is 0 Å². The van der Waals surface area contributed by atoms with Crippen molar-refractivity contribution in [1.82, 2.24) is 14.5 Å². The van der Waals surface area contributed by atoms with E-state index in [1.165, 1.54) is 6.42 Å². The molecular weight excluding hydrogens is 238 g/mol. The van der Waals surface area contributed by atoms with E-state index in [0.29, 0.717) is 6.42 Å². The summed E-state index contributed by atoms with van der Waals surface area (Å²) in [6.07, 6.45) is 8.60. The van der Waals surface area contributed by atoms with E-state index < -0.39 is 5.60 Å². The van der Waals surface area contributed by atoms with Crippen molar-refractivity contribution in [3.63, 3.8) is 0 Å². The van der Waals surface area contributed by atoms with E-state index in [4.69, 9.17) is 0 Å². The topological polar surface area (TPSA) is 41.3 Å². The number of aliphatic hydroxyl groups is 1. The summed E-state index contributed by atoms with van der Waals surface area (Å²) in [6, 6.07) is 0. The van der Waals surface area contributed by atoms with Crippen molar-refractivity contribution < 1.29 is 5.11 Å². The van der Waals surface area contributed by atoms with Crippen molar-refractivity contribution in [3.05, 3.63) is 18.2 Å². The number of likely N-dealkylation sites (tertiary alicyclic amines) is 1. The van der Waals surface area contributed by atoms with E-state index in [2.05, 4.69) is 28.3 Å². The fourth-order valence-electron chi connectivity index (χ4n) is 2.93. The first-order valence-corrected chi connectivity index (χ1v) is 7.61. The minimum atomic E-state index is -0.554. The number of rotatable bonds is 6.